The zero-order valence-electron chi connectivity index (χ0n) is 14.5. The Kier molecular flexibility index (Phi) is 6.05. The van der Waals surface area contributed by atoms with E-state index in [9.17, 15) is 24.8 Å². The molecule has 1 amide bonds. The average Bonchev–Trinajstić information content (AvgIpc) is 3.08. The number of carbonyl (C=O) groups excluding carboxylic acids is 1. The van der Waals surface area contributed by atoms with Gasteiger partial charge in [-0.25, -0.2) is 4.68 Å². The molecule has 2 aromatic rings. The minimum Gasteiger partial charge on any atom is -0.481 e. The lowest BCUT2D eigenvalue weighted by Gasteiger charge is -2.14. The predicted octanol–water partition coefficient (Wildman–Crippen LogP) is 2.26. The van der Waals surface area contributed by atoms with Crippen LogP contribution in [0.2, 0.25) is 0 Å². The van der Waals surface area contributed by atoms with Crippen LogP contribution in [-0.4, -0.2) is 38.2 Å². The smallest absolute Gasteiger partial charge is 0.308 e. The van der Waals surface area contributed by atoms with Crippen molar-refractivity contribution in [2.45, 2.75) is 20.3 Å². The topological polar surface area (TPSA) is 127 Å². The van der Waals surface area contributed by atoms with Crippen molar-refractivity contribution in [1.29, 1.82) is 0 Å². The standard InChI is InChI=1S/C17H20N4O5/c1-11(2)8-12(17(23)24)10-18-16(22)15-6-7-20(19-15)13-4-3-5-14(9-13)21(25)26/h3-7,9,11-12H,8,10H2,1-2H3,(H,18,22)(H,23,24). The molecule has 0 bridgehead atoms. The van der Waals surface area contributed by atoms with E-state index in [1.165, 1.54) is 35.1 Å². The lowest BCUT2D eigenvalue weighted by Crippen LogP contribution is -2.33. The molecule has 1 aromatic heterocycles. The lowest BCUT2D eigenvalue weighted by atomic mass is 9.97. The molecule has 0 aliphatic rings. The summed E-state index contributed by atoms with van der Waals surface area (Å²) in [5.74, 6) is -1.93. The van der Waals surface area contributed by atoms with Crippen LogP contribution in [-0.2, 0) is 4.79 Å². The third-order valence-electron chi connectivity index (χ3n) is 3.74. The molecule has 9 nitrogen and oxygen atoms in total. The van der Waals surface area contributed by atoms with Gasteiger partial charge < -0.3 is 10.4 Å². The number of carboxylic acid groups (broad SMARTS) is 1. The van der Waals surface area contributed by atoms with Crippen molar-refractivity contribution in [3.8, 4) is 5.69 Å². The van der Waals surface area contributed by atoms with Crippen molar-refractivity contribution < 1.29 is 19.6 Å². The Morgan fingerprint density at radius 1 is 1.35 bits per heavy atom. The van der Waals surface area contributed by atoms with Gasteiger partial charge in [-0.2, -0.15) is 5.10 Å². The van der Waals surface area contributed by atoms with Crippen LogP contribution in [0.1, 0.15) is 30.8 Å². The molecule has 0 saturated carbocycles. The molecule has 0 saturated heterocycles. The number of benzene rings is 1. The number of nitro benzene ring substituents is 1. The summed E-state index contributed by atoms with van der Waals surface area (Å²) in [5, 5.41) is 26.7. The maximum absolute atomic E-state index is 12.2. The van der Waals surface area contributed by atoms with Gasteiger partial charge in [0.25, 0.3) is 11.6 Å². The van der Waals surface area contributed by atoms with E-state index >= 15 is 0 Å². The number of rotatable bonds is 8. The molecule has 2 rings (SSSR count). The van der Waals surface area contributed by atoms with Crippen molar-refractivity contribution in [2.75, 3.05) is 6.54 Å². The number of nitrogens with one attached hydrogen (secondary N) is 1. The van der Waals surface area contributed by atoms with Gasteiger partial charge in [0.15, 0.2) is 5.69 Å². The number of hydrogen-bond acceptors (Lipinski definition) is 5. The molecule has 0 aliphatic carbocycles. The number of hydrogen-bond donors (Lipinski definition) is 2. The Morgan fingerprint density at radius 3 is 2.69 bits per heavy atom. The minimum absolute atomic E-state index is 0.00994. The van der Waals surface area contributed by atoms with Gasteiger partial charge in [0.2, 0.25) is 0 Å². The molecule has 0 aliphatic heterocycles. The lowest BCUT2D eigenvalue weighted by molar-refractivity contribution is -0.384. The summed E-state index contributed by atoms with van der Waals surface area (Å²) in [6, 6.07) is 7.33. The van der Waals surface area contributed by atoms with E-state index in [1.807, 2.05) is 13.8 Å². The molecule has 0 radical (unpaired) electrons. The van der Waals surface area contributed by atoms with E-state index in [0.29, 0.717) is 12.1 Å². The largest absolute Gasteiger partial charge is 0.481 e. The summed E-state index contributed by atoms with van der Waals surface area (Å²) in [5.41, 5.74) is 0.466. The Labute approximate surface area is 149 Å². The highest BCUT2D eigenvalue weighted by atomic mass is 16.6. The zero-order valence-corrected chi connectivity index (χ0v) is 14.5. The van der Waals surface area contributed by atoms with Gasteiger partial charge in [-0.05, 0) is 24.5 Å². The fraction of sp³-hybridized carbons (Fsp3) is 0.353. The van der Waals surface area contributed by atoms with Crippen molar-refractivity contribution in [3.63, 3.8) is 0 Å². The van der Waals surface area contributed by atoms with Gasteiger partial charge >= 0.3 is 5.97 Å². The van der Waals surface area contributed by atoms with E-state index in [2.05, 4.69) is 10.4 Å². The summed E-state index contributed by atoms with van der Waals surface area (Å²) in [7, 11) is 0. The third kappa shape index (κ3) is 4.88. The molecular weight excluding hydrogens is 340 g/mol. The molecule has 138 valence electrons. The molecule has 1 heterocycles. The van der Waals surface area contributed by atoms with Crippen molar-refractivity contribution in [1.82, 2.24) is 15.1 Å². The van der Waals surface area contributed by atoms with Gasteiger partial charge in [-0.3, -0.25) is 19.7 Å². The first-order valence-electron chi connectivity index (χ1n) is 8.09. The molecule has 1 unspecified atom stereocenters. The van der Waals surface area contributed by atoms with Gasteiger partial charge in [-0.1, -0.05) is 19.9 Å². The highest BCUT2D eigenvalue weighted by Gasteiger charge is 2.20. The maximum Gasteiger partial charge on any atom is 0.308 e. The summed E-state index contributed by atoms with van der Waals surface area (Å²) in [6.07, 6.45) is 1.97. The van der Waals surface area contributed by atoms with E-state index < -0.39 is 22.7 Å². The quantitative estimate of drug-likeness (QED) is 0.549. The molecule has 1 aromatic carbocycles. The van der Waals surface area contributed by atoms with Crippen LogP contribution in [0.5, 0.6) is 0 Å². The number of nitrogens with zero attached hydrogens (tertiary/aromatic N) is 3. The highest BCUT2D eigenvalue weighted by molar-refractivity contribution is 5.92. The average molecular weight is 360 g/mol. The second-order valence-corrected chi connectivity index (χ2v) is 6.30. The predicted molar refractivity (Wildman–Crippen MR) is 93.1 cm³/mol. The van der Waals surface area contributed by atoms with E-state index in [-0.39, 0.29) is 23.8 Å². The molecular formula is C17H20N4O5. The SMILES string of the molecule is CC(C)CC(CNC(=O)c1ccn(-c2cccc([N+](=O)[O-])c2)n1)C(=O)O. The second kappa shape index (κ2) is 8.24. The van der Waals surface area contributed by atoms with Crippen molar-refractivity contribution >= 4 is 17.6 Å². The third-order valence-corrected chi connectivity index (χ3v) is 3.74. The van der Waals surface area contributed by atoms with Crippen LogP contribution in [0.15, 0.2) is 36.5 Å². The second-order valence-electron chi connectivity index (χ2n) is 6.30. The van der Waals surface area contributed by atoms with Crippen LogP contribution in [0.4, 0.5) is 5.69 Å². The summed E-state index contributed by atoms with van der Waals surface area (Å²) >= 11 is 0. The number of amides is 1. The van der Waals surface area contributed by atoms with Gasteiger partial charge in [-0.15, -0.1) is 0 Å². The Bertz CT molecular complexity index is 815. The van der Waals surface area contributed by atoms with Gasteiger partial charge in [0.1, 0.15) is 0 Å². The van der Waals surface area contributed by atoms with E-state index in [1.54, 1.807) is 6.07 Å². The Morgan fingerprint density at radius 2 is 2.08 bits per heavy atom. The molecule has 26 heavy (non-hydrogen) atoms. The van der Waals surface area contributed by atoms with Gasteiger partial charge in [0.05, 0.1) is 16.5 Å². The van der Waals surface area contributed by atoms with Crippen LogP contribution >= 0.6 is 0 Å². The summed E-state index contributed by atoms with van der Waals surface area (Å²) in [6.45, 7) is 3.84. The number of aliphatic carboxylic acids is 1. The van der Waals surface area contributed by atoms with Crippen molar-refractivity contribution in [2.24, 2.45) is 11.8 Å². The number of aromatic nitrogens is 2. The number of carbonyl (C=O) groups is 2. The minimum atomic E-state index is -0.957. The molecule has 2 N–H and O–H groups in total. The van der Waals surface area contributed by atoms with Gasteiger partial charge in [0, 0.05) is 24.9 Å². The van der Waals surface area contributed by atoms with Crippen LogP contribution < -0.4 is 5.32 Å². The molecule has 0 spiro atoms. The number of nitro groups is 1. The van der Waals surface area contributed by atoms with Crippen LogP contribution in [0.25, 0.3) is 5.69 Å². The summed E-state index contributed by atoms with van der Waals surface area (Å²) in [4.78, 5) is 33.8. The Hall–Kier alpha value is -3.23. The monoisotopic (exact) mass is 360 g/mol. The first-order valence-corrected chi connectivity index (χ1v) is 8.09. The fourth-order valence-corrected chi connectivity index (χ4v) is 2.48. The molecule has 9 heteroatoms. The van der Waals surface area contributed by atoms with E-state index in [4.69, 9.17) is 0 Å². The molecule has 0 fully saturated rings. The zero-order chi connectivity index (χ0) is 19.3. The normalized spacial score (nSPS) is 12.0. The molecule has 1 atom stereocenters. The highest BCUT2D eigenvalue weighted by Crippen LogP contribution is 2.16. The first kappa shape index (κ1) is 19.1. The fourth-order valence-electron chi connectivity index (χ4n) is 2.48. The Balaban J connectivity index is 2.07. The summed E-state index contributed by atoms with van der Waals surface area (Å²) < 4.78 is 1.35. The van der Waals surface area contributed by atoms with Crippen LogP contribution in [0.3, 0.4) is 0 Å². The van der Waals surface area contributed by atoms with Crippen molar-refractivity contribution in [3.05, 3.63) is 52.3 Å². The first-order chi connectivity index (χ1) is 12.3. The number of carboxylic acids is 1. The number of non-ortho nitro benzene ring substituents is 1. The van der Waals surface area contributed by atoms with E-state index in [0.717, 1.165) is 0 Å². The maximum atomic E-state index is 12.2. The van der Waals surface area contributed by atoms with Crippen LogP contribution in [0, 0.1) is 22.0 Å².